The average Bonchev–Trinajstić information content (AvgIpc) is 2.89. The minimum atomic E-state index is -0.784. The molecular weight excluding hydrogens is 313 g/mol. The summed E-state index contributed by atoms with van der Waals surface area (Å²) in [5.74, 6) is -0.436. The Bertz CT molecular complexity index is 705. The maximum Gasteiger partial charge on any atom is 0.246 e. The van der Waals surface area contributed by atoms with Crippen LogP contribution in [0.25, 0.3) is 11.3 Å². The summed E-state index contributed by atoms with van der Waals surface area (Å²) in [4.78, 5) is 17.9. The first kappa shape index (κ1) is 16.1. The van der Waals surface area contributed by atoms with Crippen LogP contribution in [0.2, 0.25) is 0 Å². The summed E-state index contributed by atoms with van der Waals surface area (Å²) in [6, 6.07) is 6.19. The van der Waals surface area contributed by atoms with Gasteiger partial charge >= 0.3 is 0 Å². The van der Waals surface area contributed by atoms with Gasteiger partial charge in [0.15, 0.2) is 5.13 Å². The minimum Gasteiger partial charge on any atom is -0.317 e. The van der Waals surface area contributed by atoms with Gasteiger partial charge in [-0.15, -0.1) is 11.3 Å². The van der Waals surface area contributed by atoms with E-state index in [2.05, 4.69) is 10.3 Å². The van der Waals surface area contributed by atoms with Crippen LogP contribution in [0.5, 0.6) is 0 Å². The average molecular weight is 333 g/mol. The number of amides is 1. The van der Waals surface area contributed by atoms with Crippen molar-refractivity contribution in [2.24, 2.45) is 5.73 Å². The number of hydrogen-bond donors (Lipinski definition) is 2. The third-order valence-electron chi connectivity index (χ3n) is 4.33. The van der Waals surface area contributed by atoms with Gasteiger partial charge in [-0.2, -0.15) is 0 Å². The van der Waals surface area contributed by atoms with Crippen LogP contribution in [-0.4, -0.2) is 16.4 Å². The number of thiazole rings is 1. The molecule has 3 N–H and O–H groups in total. The predicted molar refractivity (Wildman–Crippen MR) is 90.9 cm³/mol. The number of carbonyl (C=O) groups excluding carboxylic acids is 1. The molecular formula is C17H20FN3OS. The van der Waals surface area contributed by atoms with Crippen molar-refractivity contribution in [1.29, 1.82) is 0 Å². The van der Waals surface area contributed by atoms with Crippen molar-refractivity contribution in [2.45, 2.75) is 44.6 Å². The molecule has 1 heterocycles. The third kappa shape index (κ3) is 3.43. The van der Waals surface area contributed by atoms with Gasteiger partial charge in [0.1, 0.15) is 5.82 Å². The fourth-order valence-corrected chi connectivity index (χ4v) is 3.79. The van der Waals surface area contributed by atoms with Crippen molar-refractivity contribution in [3.8, 4) is 11.3 Å². The van der Waals surface area contributed by atoms with Crippen molar-refractivity contribution < 1.29 is 9.18 Å². The van der Waals surface area contributed by atoms with Crippen LogP contribution in [0.3, 0.4) is 0 Å². The summed E-state index contributed by atoms with van der Waals surface area (Å²) in [5.41, 5.74) is 7.06. The van der Waals surface area contributed by atoms with Gasteiger partial charge < -0.3 is 11.1 Å². The van der Waals surface area contributed by atoms with E-state index in [9.17, 15) is 9.18 Å². The fraction of sp³-hybridized carbons (Fsp3) is 0.412. The van der Waals surface area contributed by atoms with Gasteiger partial charge in [-0.25, -0.2) is 9.37 Å². The van der Waals surface area contributed by atoms with Crippen molar-refractivity contribution in [3.63, 3.8) is 0 Å². The van der Waals surface area contributed by atoms with Crippen LogP contribution >= 0.6 is 11.3 Å². The lowest BCUT2D eigenvalue weighted by Crippen LogP contribution is -2.52. The monoisotopic (exact) mass is 333 g/mol. The zero-order valence-electron chi connectivity index (χ0n) is 13.1. The number of anilines is 1. The molecule has 0 spiro atoms. The zero-order valence-corrected chi connectivity index (χ0v) is 13.9. The maximum atomic E-state index is 13.0. The molecule has 0 atom stereocenters. The van der Waals surface area contributed by atoms with Gasteiger partial charge in [-0.1, -0.05) is 19.3 Å². The van der Waals surface area contributed by atoms with Gasteiger partial charge in [0, 0.05) is 10.4 Å². The number of nitrogens with one attached hydrogen (secondary N) is 1. The summed E-state index contributed by atoms with van der Waals surface area (Å²) in [7, 11) is 0. The number of aryl methyl sites for hydroxylation is 1. The van der Waals surface area contributed by atoms with Crippen molar-refractivity contribution in [3.05, 3.63) is 35.0 Å². The van der Waals surface area contributed by atoms with E-state index in [-0.39, 0.29) is 11.7 Å². The molecule has 122 valence electrons. The number of nitrogens with two attached hydrogens (primary N) is 1. The molecule has 1 aromatic carbocycles. The largest absolute Gasteiger partial charge is 0.317 e. The quantitative estimate of drug-likeness (QED) is 0.896. The van der Waals surface area contributed by atoms with E-state index < -0.39 is 5.54 Å². The first-order chi connectivity index (χ1) is 11.0. The van der Waals surface area contributed by atoms with Gasteiger partial charge in [0.25, 0.3) is 0 Å². The molecule has 23 heavy (non-hydrogen) atoms. The molecule has 0 bridgehead atoms. The highest BCUT2D eigenvalue weighted by Gasteiger charge is 2.35. The molecule has 6 heteroatoms. The lowest BCUT2D eigenvalue weighted by Gasteiger charge is -2.31. The lowest BCUT2D eigenvalue weighted by atomic mass is 9.82. The van der Waals surface area contributed by atoms with Crippen LogP contribution in [0.15, 0.2) is 24.3 Å². The molecule has 1 saturated carbocycles. The summed E-state index contributed by atoms with van der Waals surface area (Å²) in [5, 5.41) is 3.41. The Morgan fingerprint density at radius 1 is 1.26 bits per heavy atom. The van der Waals surface area contributed by atoms with E-state index in [0.717, 1.165) is 35.4 Å². The number of nitrogens with zero attached hydrogens (tertiary/aromatic N) is 1. The molecule has 1 fully saturated rings. The van der Waals surface area contributed by atoms with Gasteiger partial charge in [0.05, 0.1) is 11.2 Å². The molecule has 1 aliphatic carbocycles. The normalized spacial score (nSPS) is 17.0. The van der Waals surface area contributed by atoms with Crippen molar-refractivity contribution in [2.75, 3.05) is 5.32 Å². The molecule has 0 saturated heterocycles. The van der Waals surface area contributed by atoms with E-state index in [1.807, 2.05) is 6.92 Å². The van der Waals surface area contributed by atoms with E-state index in [1.54, 1.807) is 12.1 Å². The Labute approximate surface area is 138 Å². The molecule has 1 aliphatic rings. The first-order valence-corrected chi connectivity index (χ1v) is 8.63. The van der Waals surface area contributed by atoms with Crippen molar-refractivity contribution >= 4 is 22.4 Å². The van der Waals surface area contributed by atoms with Crippen LogP contribution in [0, 0.1) is 12.7 Å². The highest BCUT2D eigenvalue weighted by Crippen LogP contribution is 2.32. The summed E-state index contributed by atoms with van der Waals surface area (Å²) < 4.78 is 13.0. The summed E-state index contributed by atoms with van der Waals surface area (Å²) >= 11 is 1.41. The maximum absolute atomic E-state index is 13.0. The number of carbonyl (C=O) groups is 1. The number of hydrogen-bond acceptors (Lipinski definition) is 4. The summed E-state index contributed by atoms with van der Waals surface area (Å²) in [6.45, 7) is 1.94. The molecule has 4 nitrogen and oxygen atoms in total. The third-order valence-corrected chi connectivity index (χ3v) is 5.22. The van der Waals surface area contributed by atoms with Gasteiger partial charge in [0.2, 0.25) is 5.91 Å². The minimum absolute atomic E-state index is 0.156. The molecule has 3 rings (SSSR count). The Balaban J connectivity index is 1.78. The lowest BCUT2D eigenvalue weighted by molar-refractivity contribution is -0.122. The molecule has 0 aliphatic heterocycles. The Kier molecular flexibility index (Phi) is 4.46. The number of rotatable bonds is 3. The number of aromatic nitrogens is 1. The van der Waals surface area contributed by atoms with E-state index >= 15 is 0 Å². The molecule has 1 amide bonds. The molecule has 2 aromatic rings. The van der Waals surface area contributed by atoms with Gasteiger partial charge in [-0.05, 0) is 44.0 Å². The van der Waals surface area contributed by atoms with Crippen molar-refractivity contribution in [1.82, 2.24) is 4.98 Å². The van der Waals surface area contributed by atoms with E-state index in [1.165, 1.54) is 23.5 Å². The van der Waals surface area contributed by atoms with Crippen LogP contribution in [-0.2, 0) is 4.79 Å². The molecule has 1 aromatic heterocycles. The Morgan fingerprint density at radius 2 is 1.91 bits per heavy atom. The Morgan fingerprint density at radius 3 is 2.57 bits per heavy atom. The van der Waals surface area contributed by atoms with Crippen LogP contribution in [0.1, 0.15) is 37.0 Å². The SMILES string of the molecule is Cc1sc(NC(=O)C2(N)CCCCC2)nc1-c1ccc(F)cc1. The van der Waals surface area contributed by atoms with Crippen LogP contribution < -0.4 is 11.1 Å². The fourth-order valence-electron chi connectivity index (χ4n) is 2.96. The standard InChI is InChI=1S/C17H20FN3OS/c1-11-14(12-5-7-13(18)8-6-12)20-16(23-11)21-15(22)17(19)9-3-2-4-10-17/h5-8H,2-4,9-10,19H2,1H3,(H,20,21,22). The van der Waals surface area contributed by atoms with Crippen LogP contribution in [0.4, 0.5) is 9.52 Å². The Hall–Kier alpha value is -1.79. The first-order valence-electron chi connectivity index (χ1n) is 7.82. The predicted octanol–water partition coefficient (Wildman–Crippen LogP) is 3.86. The highest BCUT2D eigenvalue weighted by atomic mass is 32.1. The second-order valence-electron chi connectivity index (χ2n) is 6.10. The highest BCUT2D eigenvalue weighted by molar-refractivity contribution is 7.16. The summed E-state index contributed by atoms with van der Waals surface area (Å²) in [6.07, 6.45) is 4.54. The molecule has 0 unspecified atom stereocenters. The van der Waals surface area contributed by atoms with E-state index in [0.29, 0.717) is 18.0 Å². The van der Waals surface area contributed by atoms with Gasteiger partial charge in [-0.3, -0.25) is 4.79 Å². The second-order valence-corrected chi connectivity index (χ2v) is 7.30. The molecule has 0 radical (unpaired) electrons. The zero-order chi connectivity index (χ0) is 16.4. The topological polar surface area (TPSA) is 68.0 Å². The number of benzene rings is 1. The number of halogens is 1. The smallest absolute Gasteiger partial charge is 0.246 e. The van der Waals surface area contributed by atoms with E-state index in [4.69, 9.17) is 5.73 Å². The second kappa shape index (κ2) is 6.37.